The number of nitrogens with two attached hydrogens (primary N) is 1. The summed E-state index contributed by atoms with van der Waals surface area (Å²) in [6.45, 7) is 6.87. The quantitative estimate of drug-likeness (QED) is 0.617. The van der Waals surface area contributed by atoms with E-state index in [1.54, 1.807) is 12.4 Å². The predicted octanol–water partition coefficient (Wildman–Crippen LogP) is 0.949. The zero-order chi connectivity index (χ0) is 21.5. The first-order valence-corrected chi connectivity index (χ1v) is 11.3. The van der Waals surface area contributed by atoms with Crippen LogP contribution in [-0.4, -0.2) is 82.1 Å². The van der Waals surface area contributed by atoms with Crippen molar-refractivity contribution < 1.29 is 9.47 Å². The van der Waals surface area contributed by atoms with Crippen molar-refractivity contribution in [2.75, 3.05) is 68.1 Å². The van der Waals surface area contributed by atoms with Crippen LogP contribution >= 0.6 is 0 Å². The molecule has 1 aliphatic carbocycles. The SMILES string of the molecule is Nc1ncc(-c2nc(N3CCOCC3)c3nc(N4CCOCC4)n(CC4CC4)c3n2)cn1. The van der Waals surface area contributed by atoms with E-state index in [9.17, 15) is 0 Å². The Morgan fingerprint density at radius 1 is 0.875 bits per heavy atom. The van der Waals surface area contributed by atoms with Crippen molar-refractivity contribution in [1.29, 1.82) is 0 Å². The minimum Gasteiger partial charge on any atom is -0.378 e. The molecule has 168 valence electrons. The van der Waals surface area contributed by atoms with E-state index in [-0.39, 0.29) is 5.95 Å². The van der Waals surface area contributed by atoms with Crippen molar-refractivity contribution in [1.82, 2.24) is 29.5 Å². The molecular weight excluding hydrogens is 410 g/mol. The van der Waals surface area contributed by atoms with Crippen molar-refractivity contribution >= 4 is 28.9 Å². The molecule has 3 aliphatic rings. The highest BCUT2D eigenvalue weighted by molar-refractivity contribution is 5.88. The van der Waals surface area contributed by atoms with Gasteiger partial charge in [0.2, 0.25) is 11.9 Å². The summed E-state index contributed by atoms with van der Waals surface area (Å²) in [6.07, 6.45) is 5.86. The number of morpholine rings is 2. The van der Waals surface area contributed by atoms with Crippen LogP contribution in [0, 0.1) is 5.92 Å². The van der Waals surface area contributed by atoms with Gasteiger partial charge in [0.1, 0.15) is 0 Å². The monoisotopic (exact) mass is 437 g/mol. The smallest absolute Gasteiger partial charge is 0.219 e. The van der Waals surface area contributed by atoms with Crippen LogP contribution in [0.5, 0.6) is 0 Å². The molecule has 6 rings (SSSR count). The van der Waals surface area contributed by atoms with Crippen molar-refractivity contribution in [3.8, 4) is 11.4 Å². The average Bonchev–Trinajstić information content (AvgIpc) is 3.60. The van der Waals surface area contributed by atoms with Gasteiger partial charge in [-0.15, -0.1) is 0 Å². The van der Waals surface area contributed by atoms with Gasteiger partial charge in [-0.2, -0.15) is 0 Å². The number of imidazole rings is 1. The van der Waals surface area contributed by atoms with Gasteiger partial charge in [0, 0.05) is 45.1 Å². The minimum atomic E-state index is 0.233. The summed E-state index contributed by atoms with van der Waals surface area (Å²) in [6, 6.07) is 0. The van der Waals surface area contributed by atoms with E-state index in [0.29, 0.717) is 38.2 Å². The summed E-state index contributed by atoms with van der Waals surface area (Å²) in [5, 5.41) is 0. The van der Waals surface area contributed by atoms with Crippen LogP contribution in [0.25, 0.3) is 22.6 Å². The maximum absolute atomic E-state index is 5.70. The van der Waals surface area contributed by atoms with Crippen molar-refractivity contribution in [3.05, 3.63) is 12.4 Å². The fourth-order valence-electron chi connectivity index (χ4n) is 4.28. The molecule has 2 aliphatic heterocycles. The Kier molecular flexibility index (Phi) is 4.99. The van der Waals surface area contributed by atoms with Gasteiger partial charge in [0.25, 0.3) is 0 Å². The highest BCUT2D eigenvalue weighted by atomic mass is 16.5. The summed E-state index contributed by atoms with van der Waals surface area (Å²) >= 11 is 0. The van der Waals surface area contributed by atoms with Crippen molar-refractivity contribution in [2.45, 2.75) is 19.4 Å². The fourth-order valence-corrected chi connectivity index (χ4v) is 4.28. The summed E-state index contributed by atoms with van der Waals surface area (Å²) in [4.78, 5) is 27.9. The molecule has 0 bridgehead atoms. The molecule has 0 aromatic carbocycles. The van der Waals surface area contributed by atoms with E-state index in [0.717, 1.165) is 61.2 Å². The lowest BCUT2D eigenvalue weighted by atomic mass is 10.3. The van der Waals surface area contributed by atoms with Crippen LogP contribution in [0.15, 0.2) is 12.4 Å². The Bertz CT molecular complexity index is 1100. The Labute approximate surface area is 185 Å². The molecule has 1 saturated carbocycles. The number of nitrogens with zero attached hydrogens (tertiary/aromatic N) is 8. The Hall–Kier alpha value is -3.05. The van der Waals surface area contributed by atoms with E-state index >= 15 is 0 Å². The second-order valence-electron chi connectivity index (χ2n) is 8.54. The maximum atomic E-state index is 5.70. The summed E-state index contributed by atoms with van der Waals surface area (Å²) in [7, 11) is 0. The highest BCUT2D eigenvalue weighted by Gasteiger charge is 2.30. The normalized spacial score (nSPS) is 19.6. The third-order valence-corrected chi connectivity index (χ3v) is 6.23. The Balaban J connectivity index is 1.53. The first kappa shape index (κ1) is 19.6. The number of aromatic nitrogens is 6. The van der Waals surface area contributed by atoms with Gasteiger partial charge < -0.3 is 25.0 Å². The van der Waals surface area contributed by atoms with Crippen LogP contribution in [0.3, 0.4) is 0 Å². The van der Waals surface area contributed by atoms with Crippen LogP contribution in [-0.2, 0) is 16.0 Å². The molecule has 0 atom stereocenters. The second kappa shape index (κ2) is 8.14. The van der Waals surface area contributed by atoms with Crippen LogP contribution < -0.4 is 15.5 Å². The van der Waals surface area contributed by atoms with E-state index in [4.69, 9.17) is 30.2 Å². The largest absolute Gasteiger partial charge is 0.378 e. The molecule has 11 nitrogen and oxygen atoms in total. The molecule has 0 amide bonds. The number of hydrogen-bond donors (Lipinski definition) is 1. The van der Waals surface area contributed by atoms with Crippen molar-refractivity contribution in [2.24, 2.45) is 5.92 Å². The molecule has 3 aromatic heterocycles. The molecule has 11 heteroatoms. The van der Waals surface area contributed by atoms with Gasteiger partial charge in [-0.25, -0.2) is 24.9 Å². The standard InChI is InChI=1S/C21H27N9O2/c22-20-23-11-15(12-24-20)17-26-18(28-3-7-31-8-4-28)16-19(27-17)30(13-14-1-2-14)21(25-16)29-5-9-32-10-6-29/h11-12,14H,1-10,13H2,(H2,22,23,24). The lowest BCUT2D eigenvalue weighted by Crippen LogP contribution is -2.38. The van der Waals surface area contributed by atoms with Crippen LogP contribution in [0.2, 0.25) is 0 Å². The van der Waals surface area contributed by atoms with Crippen molar-refractivity contribution in [3.63, 3.8) is 0 Å². The molecule has 2 saturated heterocycles. The van der Waals surface area contributed by atoms with E-state index in [1.807, 2.05) is 0 Å². The van der Waals surface area contributed by atoms with E-state index in [2.05, 4.69) is 24.3 Å². The first-order valence-electron chi connectivity index (χ1n) is 11.3. The van der Waals surface area contributed by atoms with Gasteiger partial charge in [0.05, 0.1) is 32.0 Å². The number of rotatable bonds is 5. The second-order valence-corrected chi connectivity index (χ2v) is 8.54. The van der Waals surface area contributed by atoms with Gasteiger partial charge in [0.15, 0.2) is 22.8 Å². The summed E-state index contributed by atoms with van der Waals surface area (Å²) in [5.74, 6) is 3.30. The minimum absolute atomic E-state index is 0.233. The van der Waals surface area contributed by atoms with Crippen LogP contribution in [0.4, 0.5) is 17.7 Å². The number of fused-ring (bicyclic) bond motifs is 1. The van der Waals surface area contributed by atoms with Gasteiger partial charge in [-0.1, -0.05) is 0 Å². The molecule has 5 heterocycles. The Morgan fingerprint density at radius 2 is 1.53 bits per heavy atom. The molecule has 32 heavy (non-hydrogen) atoms. The van der Waals surface area contributed by atoms with Gasteiger partial charge in [-0.3, -0.25) is 4.57 Å². The van der Waals surface area contributed by atoms with E-state index < -0.39 is 0 Å². The number of anilines is 3. The summed E-state index contributed by atoms with van der Waals surface area (Å²) in [5.41, 5.74) is 8.14. The first-order chi connectivity index (χ1) is 15.8. The summed E-state index contributed by atoms with van der Waals surface area (Å²) < 4.78 is 13.4. The molecule has 0 radical (unpaired) electrons. The van der Waals surface area contributed by atoms with Crippen LogP contribution in [0.1, 0.15) is 12.8 Å². The molecule has 0 unspecified atom stereocenters. The third kappa shape index (κ3) is 3.71. The molecule has 0 spiro atoms. The average molecular weight is 438 g/mol. The van der Waals surface area contributed by atoms with E-state index in [1.165, 1.54) is 12.8 Å². The third-order valence-electron chi connectivity index (χ3n) is 6.23. The fraction of sp³-hybridized carbons (Fsp3) is 0.571. The molecular formula is C21H27N9O2. The lowest BCUT2D eigenvalue weighted by Gasteiger charge is -2.28. The number of hydrogen-bond acceptors (Lipinski definition) is 10. The lowest BCUT2D eigenvalue weighted by molar-refractivity contribution is 0.121. The number of nitrogen functional groups attached to an aromatic ring is 1. The molecule has 2 N–H and O–H groups in total. The zero-order valence-electron chi connectivity index (χ0n) is 18.0. The Morgan fingerprint density at radius 3 is 2.19 bits per heavy atom. The number of ether oxygens (including phenoxy) is 2. The topological polar surface area (TPSA) is 120 Å². The molecule has 3 aromatic rings. The maximum Gasteiger partial charge on any atom is 0.219 e. The van der Waals surface area contributed by atoms with Gasteiger partial charge >= 0.3 is 0 Å². The predicted molar refractivity (Wildman–Crippen MR) is 120 cm³/mol. The highest BCUT2D eigenvalue weighted by Crippen LogP contribution is 2.36. The zero-order valence-corrected chi connectivity index (χ0v) is 18.0. The van der Waals surface area contributed by atoms with Gasteiger partial charge in [-0.05, 0) is 18.8 Å². The molecule has 3 fully saturated rings.